The molecular formula is C21H17N3O4S. The SMILES string of the molecule is COc1cccc(NC(=S)C(=C([O-])c2cccc([N+](=O)[O-])c2)[n+]2ccccc2)c1. The van der Waals surface area contributed by atoms with Gasteiger partial charge in [-0.25, -0.2) is 0 Å². The number of methoxy groups -OCH3 is 1. The first-order valence-corrected chi connectivity index (χ1v) is 8.98. The Balaban J connectivity index is 2.07. The van der Waals surface area contributed by atoms with Gasteiger partial charge in [0.05, 0.1) is 12.0 Å². The Morgan fingerprint density at radius 1 is 1.07 bits per heavy atom. The second-order valence-electron chi connectivity index (χ2n) is 5.95. The molecular weight excluding hydrogens is 390 g/mol. The molecule has 3 rings (SSSR count). The van der Waals surface area contributed by atoms with Gasteiger partial charge >= 0.3 is 0 Å². The monoisotopic (exact) mass is 407 g/mol. The average molecular weight is 407 g/mol. The van der Waals surface area contributed by atoms with Gasteiger partial charge in [-0.1, -0.05) is 36.5 Å². The zero-order chi connectivity index (χ0) is 20.8. The topological polar surface area (TPSA) is 91.3 Å². The van der Waals surface area contributed by atoms with Gasteiger partial charge in [0.15, 0.2) is 17.4 Å². The first-order chi connectivity index (χ1) is 14.0. The highest BCUT2D eigenvalue weighted by molar-refractivity contribution is 7.81. The van der Waals surface area contributed by atoms with E-state index >= 15 is 0 Å². The Bertz CT molecular complexity index is 1080. The van der Waals surface area contributed by atoms with Crippen LogP contribution in [0.1, 0.15) is 5.56 Å². The number of non-ortho nitro benzene ring substituents is 1. The molecule has 0 atom stereocenters. The van der Waals surface area contributed by atoms with E-state index in [9.17, 15) is 15.2 Å². The fraction of sp³-hybridized carbons (Fsp3) is 0.0476. The lowest BCUT2D eigenvalue weighted by Crippen LogP contribution is -2.39. The van der Waals surface area contributed by atoms with Crippen LogP contribution in [-0.4, -0.2) is 17.0 Å². The molecule has 0 aliphatic carbocycles. The van der Waals surface area contributed by atoms with E-state index in [1.807, 2.05) is 6.07 Å². The second-order valence-corrected chi connectivity index (χ2v) is 6.36. The van der Waals surface area contributed by atoms with Crippen LogP contribution in [-0.2, 0) is 0 Å². The summed E-state index contributed by atoms with van der Waals surface area (Å²) in [4.78, 5) is 10.7. The number of ether oxygens (including phenoxy) is 1. The maximum Gasteiger partial charge on any atom is 0.270 e. The third kappa shape index (κ3) is 4.74. The molecule has 2 aromatic carbocycles. The minimum atomic E-state index is -0.543. The minimum absolute atomic E-state index is 0.167. The molecule has 0 saturated carbocycles. The molecule has 0 amide bonds. The van der Waals surface area contributed by atoms with E-state index in [2.05, 4.69) is 5.32 Å². The number of nitrogens with zero attached hydrogens (tertiary/aromatic N) is 2. The van der Waals surface area contributed by atoms with Crippen LogP contribution in [0.4, 0.5) is 11.4 Å². The van der Waals surface area contributed by atoms with Crippen LogP contribution in [0.2, 0.25) is 0 Å². The molecule has 1 N–H and O–H groups in total. The molecule has 0 spiro atoms. The molecule has 0 unspecified atom stereocenters. The summed E-state index contributed by atoms with van der Waals surface area (Å²) in [6.07, 6.45) is 3.37. The fourth-order valence-electron chi connectivity index (χ4n) is 2.67. The molecule has 0 bridgehead atoms. The summed E-state index contributed by atoms with van der Waals surface area (Å²) in [6, 6.07) is 18.0. The second kappa shape index (κ2) is 8.94. The third-order valence-corrected chi connectivity index (χ3v) is 4.35. The first kappa shape index (κ1) is 20.0. The van der Waals surface area contributed by atoms with Crippen LogP contribution in [0.25, 0.3) is 11.5 Å². The Morgan fingerprint density at radius 2 is 1.79 bits per heavy atom. The summed E-state index contributed by atoms with van der Waals surface area (Å²) < 4.78 is 6.79. The van der Waals surface area contributed by atoms with Gasteiger partial charge in [0.1, 0.15) is 5.75 Å². The van der Waals surface area contributed by atoms with Crippen molar-refractivity contribution in [3.63, 3.8) is 0 Å². The third-order valence-electron chi connectivity index (χ3n) is 4.05. The van der Waals surface area contributed by atoms with Crippen molar-refractivity contribution in [1.82, 2.24) is 0 Å². The number of nitro benzene ring substituents is 1. The molecule has 0 aliphatic heterocycles. The van der Waals surface area contributed by atoms with Crippen molar-refractivity contribution in [3.05, 3.63) is 94.8 Å². The number of rotatable bonds is 6. The van der Waals surface area contributed by atoms with Crippen LogP contribution < -0.4 is 19.7 Å². The molecule has 3 aromatic rings. The molecule has 7 nitrogen and oxygen atoms in total. The molecule has 0 radical (unpaired) electrons. The number of aromatic nitrogens is 1. The highest BCUT2D eigenvalue weighted by Crippen LogP contribution is 2.22. The number of benzene rings is 2. The van der Waals surface area contributed by atoms with E-state index in [4.69, 9.17) is 17.0 Å². The standard InChI is InChI=1S/C21H17N3O4S/c1-28-18-10-6-8-16(14-18)22-21(29)19(23-11-3-2-4-12-23)20(25)15-7-5-9-17(13-15)24(26)27/h2-14H,1H3,(H-,22,25,29). The minimum Gasteiger partial charge on any atom is -0.867 e. The smallest absolute Gasteiger partial charge is 0.270 e. The molecule has 0 saturated heterocycles. The van der Waals surface area contributed by atoms with Crippen LogP contribution in [0.15, 0.2) is 79.1 Å². The van der Waals surface area contributed by atoms with Crippen molar-refractivity contribution >= 4 is 40.0 Å². The zero-order valence-corrected chi connectivity index (χ0v) is 16.3. The van der Waals surface area contributed by atoms with Crippen LogP contribution >= 0.6 is 12.2 Å². The lowest BCUT2D eigenvalue weighted by atomic mass is 10.1. The largest absolute Gasteiger partial charge is 0.867 e. The maximum absolute atomic E-state index is 13.2. The molecule has 8 heteroatoms. The molecule has 0 fully saturated rings. The number of hydrogen-bond acceptors (Lipinski definition) is 5. The maximum atomic E-state index is 13.2. The van der Waals surface area contributed by atoms with Gasteiger partial charge in [0, 0.05) is 36.0 Å². The number of anilines is 1. The number of nitrogens with one attached hydrogen (secondary N) is 1. The Kier molecular flexibility index (Phi) is 6.16. The lowest BCUT2D eigenvalue weighted by Gasteiger charge is -2.17. The normalized spacial score (nSPS) is 11.3. The molecule has 29 heavy (non-hydrogen) atoms. The molecule has 1 aromatic heterocycles. The van der Waals surface area contributed by atoms with Crippen molar-refractivity contribution in [2.24, 2.45) is 0 Å². The van der Waals surface area contributed by atoms with E-state index in [0.29, 0.717) is 11.4 Å². The Morgan fingerprint density at radius 3 is 2.48 bits per heavy atom. The van der Waals surface area contributed by atoms with Crippen molar-refractivity contribution in [2.75, 3.05) is 12.4 Å². The summed E-state index contributed by atoms with van der Waals surface area (Å²) in [5.74, 6) is 0.196. The summed E-state index contributed by atoms with van der Waals surface area (Å²) in [5.41, 5.74) is 0.819. The molecule has 0 aliphatic rings. The van der Waals surface area contributed by atoms with Gasteiger partial charge in [-0.3, -0.25) is 10.1 Å². The predicted octanol–water partition coefficient (Wildman–Crippen LogP) is 3.02. The van der Waals surface area contributed by atoms with Crippen LogP contribution in [0.5, 0.6) is 5.75 Å². The highest BCUT2D eigenvalue weighted by Gasteiger charge is 2.19. The predicted molar refractivity (Wildman–Crippen MR) is 112 cm³/mol. The van der Waals surface area contributed by atoms with Crippen molar-refractivity contribution < 1.29 is 19.3 Å². The van der Waals surface area contributed by atoms with Crippen molar-refractivity contribution in [1.29, 1.82) is 0 Å². The Labute approximate surface area is 172 Å². The van der Waals surface area contributed by atoms with Crippen molar-refractivity contribution in [3.8, 4) is 5.75 Å². The number of hydrogen-bond donors (Lipinski definition) is 1. The van der Waals surface area contributed by atoms with Gasteiger partial charge in [0.2, 0.25) is 5.70 Å². The highest BCUT2D eigenvalue weighted by atomic mass is 32.1. The summed E-state index contributed by atoms with van der Waals surface area (Å²) >= 11 is 5.52. The van der Waals surface area contributed by atoms with Crippen LogP contribution in [0, 0.1) is 10.1 Å². The van der Waals surface area contributed by atoms with Crippen molar-refractivity contribution in [2.45, 2.75) is 0 Å². The summed E-state index contributed by atoms with van der Waals surface area (Å²) in [5, 5.41) is 27.4. The van der Waals surface area contributed by atoms with E-state index in [-0.39, 0.29) is 21.9 Å². The summed E-state index contributed by atoms with van der Waals surface area (Å²) in [7, 11) is 1.56. The lowest BCUT2D eigenvalue weighted by molar-refractivity contribution is -0.577. The van der Waals surface area contributed by atoms with E-state index in [1.165, 1.54) is 24.3 Å². The molecule has 1 heterocycles. The number of pyridine rings is 1. The van der Waals surface area contributed by atoms with Gasteiger partial charge in [0.25, 0.3) is 5.69 Å². The van der Waals surface area contributed by atoms with Gasteiger partial charge in [-0.05, 0) is 23.5 Å². The van der Waals surface area contributed by atoms with E-state index < -0.39 is 10.7 Å². The zero-order valence-electron chi connectivity index (χ0n) is 15.4. The van der Waals surface area contributed by atoms with E-state index in [0.717, 1.165) is 0 Å². The quantitative estimate of drug-likeness (QED) is 0.169. The summed E-state index contributed by atoms with van der Waals surface area (Å²) in [6.45, 7) is 0. The van der Waals surface area contributed by atoms with Gasteiger partial charge in [-0.15, -0.1) is 0 Å². The van der Waals surface area contributed by atoms with Gasteiger partial charge in [-0.2, -0.15) is 4.57 Å². The Hall–Kier alpha value is -3.78. The number of thiocarbonyl (C=S) groups is 1. The number of nitro groups is 1. The fourth-order valence-corrected chi connectivity index (χ4v) is 2.99. The average Bonchev–Trinajstić information content (AvgIpc) is 2.74. The van der Waals surface area contributed by atoms with Gasteiger partial charge < -0.3 is 15.2 Å². The van der Waals surface area contributed by atoms with Crippen LogP contribution in [0.3, 0.4) is 0 Å². The first-order valence-electron chi connectivity index (χ1n) is 8.58. The molecule has 146 valence electrons. The van der Waals surface area contributed by atoms with E-state index in [1.54, 1.807) is 60.5 Å².